The number of rotatable bonds is 2. The number of aromatic hydroxyl groups is 1. The fourth-order valence-electron chi connectivity index (χ4n) is 1.55. The van der Waals surface area contributed by atoms with Crippen molar-refractivity contribution in [3.05, 3.63) is 24.3 Å². The van der Waals surface area contributed by atoms with Crippen LogP contribution in [0.25, 0.3) is 0 Å². The second-order valence-corrected chi connectivity index (χ2v) is 4.60. The van der Waals surface area contributed by atoms with Gasteiger partial charge in [-0.1, -0.05) is 6.07 Å². The van der Waals surface area contributed by atoms with E-state index in [1.54, 1.807) is 18.2 Å². The van der Waals surface area contributed by atoms with Crippen molar-refractivity contribution in [2.75, 3.05) is 11.5 Å². The maximum atomic E-state index is 9.26. The van der Waals surface area contributed by atoms with E-state index in [0.717, 1.165) is 17.9 Å². The third kappa shape index (κ3) is 2.58. The lowest BCUT2D eigenvalue weighted by Crippen LogP contribution is -2.23. The maximum Gasteiger partial charge on any atom is 0.123 e. The Morgan fingerprint density at radius 2 is 2.36 bits per heavy atom. The highest BCUT2D eigenvalue weighted by molar-refractivity contribution is 7.99. The molecule has 0 radical (unpaired) electrons. The normalized spacial score (nSPS) is 21.9. The minimum absolute atomic E-state index is 0.269. The fraction of sp³-hybridized carbons (Fsp3) is 0.455. The molecule has 0 bridgehead atoms. The number of phenolic OH excluding ortho intramolecular Hbond substituents is 1. The Balaban J connectivity index is 1.95. The summed E-state index contributed by atoms with van der Waals surface area (Å²) in [6.45, 7) is 0. The van der Waals surface area contributed by atoms with Crippen LogP contribution < -0.4 is 4.74 Å². The van der Waals surface area contributed by atoms with Gasteiger partial charge in [-0.2, -0.15) is 11.8 Å². The van der Waals surface area contributed by atoms with E-state index in [9.17, 15) is 5.11 Å². The lowest BCUT2D eigenvalue weighted by molar-refractivity contribution is 0.211. The van der Waals surface area contributed by atoms with Crippen LogP contribution in [0.4, 0.5) is 0 Å². The molecule has 1 heterocycles. The highest BCUT2D eigenvalue weighted by atomic mass is 32.2. The standard InChI is InChI=1S/C11H14O2S/c12-9-3-1-4-10(7-9)13-11-5-2-6-14-8-11/h1,3-4,7,11-12H,2,5-6,8H2. The van der Waals surface area contributed by atoms with E-state index in [2.05, 4.69) is 0 Å². The van der Waals surface area contributed by atoms with Gasteiger partial charge in [0.2, 0.25) is 0 Å². The first-order valence-corrected chi connectivity index (χ1v) is 6.03. The van der Waals surface area contributed by atoms with E-state index in [-0.39, 0.29) is 5.75 Å². The SMILES string of the molecule is Oc1cccc(OC2CCCSC2)c1. The first-order valence-electron chi connectivity index (χ1n) is 4.88. The van der Waals surface area contributed by atoms with Crippen LogP contribution in [0.1, 0.15) is 12.8 Å². The van der Waals surface area contributed by atoms with Crippen LogP contribution in [-0.2, 0) is 0 Å². The van der Waals surface area contributed by atoms with E-state index < -0.39 is 0 Å². The second-order valence-electron chi connectivity index (χ2n) is 3.45. The average Bonchev–Trinajstić information content (AvgIpc) is 2.19. The van der Waals surface area contributed by atoms with Gasteiger partial charge >= 0.3 is 0 Å². The summed E-state index contributed by atoms with van der Waals surface area (Å²) in [7, 11) is 0. The smallest absolute Gasteiger partial charge is 0.123 e. The van der Waals surface area contributed by atoms with Gasteiger partial charge in [0, 0.05) is 11.8 Å². The van der Waals surface area contributed by atoms with Gasteiger partial charge < -0.3 is 9.84 Å². The molecule has 3 heteroatoms. The number of thioether (sulfide) groups is 1. The van der Waals surface area contributed by atoms with Crippen molar-refractivity contribution in [1.29, 1.82) is 0 Å². The van der Waals surface area contributed by atoms with Crippen LogP contribution in [0.2, 0.25) is 0 Å². The Bertz CT molecular complexity index is 295. The van der Waals surface area contributed by atoms with Gasteiger partial charge in [-0.25, -0.2) is 0 Å². The van der Waals surface area contributed by atoms with Gasteiger partial charge in [-0.05, 0) is 30.7 Å². The van der Waals surface area contributed by atoms with Crippen molar-refractivity contribution < 1.29 is 9.84 Å². The molecule has 0 saturated carbocycles. The molecule has 1 unspecified atom stereocenters. The van der Waals surface area contributed by atoms with Gasteiger partial charge in [0.05, 0.1) is 0 Å². The van der Waals surface area contributed by atoms with Gasteiger partial charge in [-0.3, -0.25) is 0 Å². The first-order chi connectivity index (χ1) is 6.84. The molecule has 1 aliphatic rings. The predicted octanol–water partition coefficient (Wildman–Crippen LogP) is 2.67. The van der Waals surface area contributed by atoms with Crippen molar-refractivity contribution in [2.45, 2.75) is 18.9 Å². The molecule has 1 saturated heterocycles. The first kappa shape index (κ1) is 9.71. The molecule has 0 spiro atoms. The lowest BCUT2D eigenvalue weighted by Gasteiger charge is -2.22. The van der Waals surface area contributed by atoms with Crippen LogP contribution in [-0.4, -0.2) is 22.7 Å². The molecule has 14 heavy (non-hydrogen) atoms. The molecule has 1 aromatic carbocycles. The molecule has 2 nitrogen and oxygen atoms in total. The highest BCUT2D eigenvalue weighted by Crippen LogP contribution is 2.24. The summed E-state index contributed by atoms with van der Waals surface area (Å²) in [5, 5.41) is 9.26. The van der Waals surface area contributed by atoms with Gasteiger partial charge in [0.25, 0.3) is 0 Å². The Kier molecular flexibility index (Phi) is 3.19. The Hall–Kier alpha value is -0.830. The predicted molar refractivity (Wildman–Crippen MR) is 59.1 cm³/mol. The number of phenols is 1. The fourth-order valence-corrected chi connectivity index (χ4v) is 2.59. The summed E-state index contributed by atoms with van der Waals surface area (Å²) in [5.74, 6) is 3.36. The van der Waals surface area contributed by atoms with Crippen LogP contribution in [0.15, 0.2) is 24.3 Å². The summed E-state index contributed by atoms with van der Waals surface area (Å²) in [5.41, 5.74) is 0. The molecule has 1 atom stereocenters. The number of hydrogen-bond donors (Lipinski definition) is 1. The van der Waals surface area contributed by atoms with E-state index in [0.29, 0.717) is 6.10 Å². The molecule has 0 aliphatic carbocycles. The average molecular weight is 210 g/mol. The van der Waals surface area contributed by atoms with Crippen LogP contribution in [0.3, 0.4) is 0 Å². The molecule has 0 aromatic heterocycles. The molecule has 76 valence electrons. The largest absolute Gasteiger partial charge is 0.508 e. The molecule has 0 amide bonds. The van der Waals surface area contributed by atoms with Crippen molar-refractivity contribution in [2.24, 2.45) is 0 Å². The van der Waals surface area contributed by atoms with Crippen molar-refractivity contribution in [1.82, 2.24) is 0 Å². The van der Waals surface area contributed by atoms with Crippen molar-refractivity contribution in [3.63, 3.8) is 0 Å². The maximum absolute atomic E-state index is 9.26. The van der Waals surface area contributed by atoms with Gasteiger partial charge in [0.1, 0.15) is 17.6 Å². The lowest BCUT2D eigenvalue weighted by atomic mass is 10.2. The molecular formula is C11H14O2S. The third-order valence-corrected chi connectivity index (χ3v) is 3.42. The summed E-state index contributed by atoms with van der Waals surface area (Å²) in [4.78, 5) is 0. The summed E-state index contributed by atoms with van der Waals surface area (Å²) in [6, 6.07) is 7.02. The summed E-state index contributed by atoms with van der Waals surface area (Å²) in [6.07, 6.45) is 2.67. The number of ether oxygens (including phenoxy) is 1. The van der Waals surface area contributed by atoms with Gasteiger partial charge in [0.15, 0.2) is 0 Å². The zero-order valence-corrected chi connectivity index (χ0v) is 8.80. The minimum atomic E-state index is 0.269. The van der Waals surface area contributed by atoms with Crippen molar-refractivity contribution in [3.8, 4) is 11.5 Å². The molecule has 2 rings (SSSR count). The second kappa shape index (κ2) is 4.60. The molecule has 1 fully saturated rings. The molecule has 1 aromatic rings. The Morgan fingerprint density at radius 3 is 3.07 bits per heavy atom. The molecule has 1 N–H and O–H groups in total. The summed E-state index contributed by atoms with van der Waals surface area (Å²) >= 11 is 1.94. The van der Waals surface area contributed by atoms with Crippen LogP contribution in [0.5, 0.6) is 11.5 Å². The van der Waals surface area contributed by atoms with E-state index in [1.165, 1.54) is 12.2 Å². The van der Waals surface area contributed by atoms with Crippen molar-refractivity contribution >= 4 is 11.8 Å². The van der Waals surface area contributed by atoms with E-state index in [4.69, 9.17) is 4.74 Å². The van der Waals surface area contributed by atoms with Crippen LogP contribution >= 0.6 is 11.8 Å². The van der Waals surface area contributed by atoms with Crippen LogP contribution in [0, 0.1) is 0 Å². The van der Waals surface area contributed by atoms with E-state index in [1.807, 2.05) is 17.8 Å². The molecule has 1 aliphatic heterocycles. The highest BCUT2D eigenvalue weighted by Gasteiger charge is 2.14. The van der Waals surface area contributed by atoms with E-state index >= 15 is 0 Å². The minimum Gasteiger partial charge on any atom is -0.508 e. The monoisotopic (exact) mass is 210 g/mol. The number of benzene rings is 1. The number of hydrogen-bond acceptors (Lipinski definition) is 3. The topological polar surface area (TPSA) is 29.5 Å². The quantitative estimate of drug-likeness (QED) is 0.813. The Morgan fingerprint density at radius 1 is 1.43 bits per heavy atom. The molecular weight excluding hydrogens is 196 g/mol. The zero-order valence-electron chi connectivity index (χ0n) is 7.98. The zero-order chi connectivity index (χ0) is 9.80. The summed E-state index contributed by atoms with van der Waals surface area (Å²) < 4.78 is 5.76. The third-order valence-electron chi connectivity index (χ3n) is 2.24. The van der Waals surface area contributed by atoms with Gasteiger partial charge in [-0.15, -0.1) is 0 Å². The Labute approximate surface area is 88.3 Å².